The fourth-order valence-electron chi connectivity index (χ4n) is 2.83. The molecule has 1 aliphatic rings. The van der Waals surface area contributed by atoms with Gasteiger partial charge in [-0.05, 0) is 25.2 Å². The molecule has 0 aromatic rings. The van der Waals surface area contributed by atoms with Crippen LogP contribution in [-0.4, -0.2) is 27.4 Å². The second-order valence-electron chi connectivity index (χ2n) is 5.97. The predicted molar refractivity (Wildman–Crippen MR) is 80.0 cm³/mol. The molecule has 0 aliphatic heterocycles. The first-order valence-electron chi connectivity index (χ1n) is 7.41. The van der Waals surface area contributed by atoms with Crippen LogP contribution in [0.15, 0.2) is 0 Å². The second kappa shape index (κ2) is 7.84. The van der Waals surface area contributed by atoms with Crippen LogP contribution < -0.4 is 0 Å². The highest BCUT2D eigenvalue weighted by Crippen LogP contribution is 2.35. The lowest BCUT2D eigenvalue weighted by molar-refractivity contribution is 0.0410. The van der Waals surface area contributed by atoms with Crippen molar-refractivity contribution >= 4 is 19.7 Å². The lowest BCUT2D eigenvalue weighted by Crippen LogP contribution is -2.34. The summed E-state index contributed by atoms with van der Waals surface area (Å²) in [6.45, 7) is 5.43. The van der Waals surface area contributed by atoms with Crippen LogP contribution in [0.25, 0.3) is 0 Å². The van der Waals surface area contributed by atoms with Gasteiger partial charge in [0.1, 0.15) is 0 Å². The summed E-state index contributed by atoms with van der Waals surface area (Å²) in [4.78, 5) is 0. The molecule has 0 spiro atoms. The quantitative estimate of drug-likeness (QED) is 0.428. The van der Waals surface area contributed by atoms with Gasteiger partial charge in [-0.3, -0.25) is 0 Å². The minimum atomic E-state index is -3.48. The molecule has 0 radical (unpaired) electrons. The Kier molecular flexibility index (Phi) is 7.12. The Labute approximate surface area is 122 Å². The molecule has 0 heterocycles. The molecule has 1 aliphatic carbocycles. The maximum absolute atomic E-state index is 11.5. The first-order valence-corrected chi connectivity index (χ1v) is 9.89. The normalized spacial score (nSPS) is 16.8. The van der Waals surface area contributed by atoms with Crippen LogP contribution in [0.1, 0.15) is 58.8 Å². The van der Waals surface area contributed by atoms with Crippen molar-refractivity contribution < 1.29 is 13.2 Å². The van der Waals surface area contributed by atoms with Crippen LogP contribution in [0.2, 0.25) is 0 Å². The SMILES string of the molecule is CCCC(CCC)(COCCC1CC1)CS(=O)(=O)Cl. The molecule has 0 bridgehead atoms. The van der Waals surface area contributed by atoms with Gasteiger partial charge < -0.3 is 4.74 Å². The van der Waals surface area contributed by atoms with Crippen molar-refractivity contribution in [1.82, 2.24) is 0 Å². The van der Waals surface area contributed by atoms with E-state index in [1.165, 1.54) is 12.8 Å². The molecule has 5 heteroatoms. The highest BCUT2D eigenvalue weighted by molar-refractivity contribution is 8.13. The molecule has 0 unspecified atom stereocenters. The van der Waals surface area contributed by atoms with E-state index < -0.39 is 9.05 Å². The van der Waals surface area contributed by atoms with Crippen molar-refractivity contribution in [3.8, 4) is 0 Å². The molecule has 0 aromatic heterocycles. The maximum Gasteiger partial charge on any atom is 0.233 e. The topological polar surface area (TPSA) is 43.4 Å². The van der Waals surface area contributed by atoms with Crippen molar-refractivity contribution in [3.05, 3.63) is 0 Å². The highest BCUT2D eigenvalue weighted by atomic mass is 35.7. The third kappa shape index (κ3) is 7.52. The summed E-state index contributed by atoms with van der Waals surface area (Å²) in [5, 5.41) is 0. The van der Waals surface area contributed by atoms with E-state index in [1.807, 2.05) is 0 Å². The standard InChI is InChI=1S/C14H27ClO3S/c1-3-8-14(9-4-2,12-19(15,16)17)11-18-10-7-13-5-6-13/h13H,3-12H2,1-2H3. The zero-order chi connectivity index (χ0) is 14.4. The average Bonchev–Trinajstić information content (AvgIpc) is 3.07. The van der Waals surface area contributed by atoms with Crippen LogP contribution in [0.5, 0.6) is 0 Å². The second-order valence-corrected chi connectivity index (χ2v) is 8.74. The van der Waals surface area contributed by atoms with Gasteiger partial charge >= 0.3 is 0 Å². The lowest BCUT2D eigenvalue weighted by Gasteiger charge is -2.32. The van der Waals surface area contributed by atoms with E-state index in [-0.39, 0.29) is 11.2 Å². The molecule has 0 N–H and O–H groups in total. The van der Waals surface area contributed by atoms with E-state index in [0.717, 1.165) is 44.6 Å². The first-order chi connectivity index (χ1) is 8.91. The summed E-state index contributed by atoms with van der Waals surface area (Å²) in [5.41, 5.74) is -0.298. The Morgan fingerprint density at radius 2 is 1.79 bits per heavy atom. The predicted octanol–water partition coefficient (Wildman–Crippen LogP) is 3.96. The molecule has 1 saturated carbocycles. The van der Waals surface area contributed by atoms with Gasteiger partial charge in [-0.2, -0.15) is 0 Å². The zero-order valence-electron chi connectivity index (χ0n) is 12.2. The summed E-state index contributed by atoms with van der Waals surface area (Å²) in [6, 6.07) is 0. The molecule has 0 atom stereocenters. The smallest absolute Gasteiger partial charge is 0.233 e. The third-order valence-electron chi connectivity index (χ3n) is 3.81. The van der Waals surface area contributed by atoms with Crippen LogP contribution in [-0.2, 0) is 13.8 Å². The van der Waals surface area contributed by atoms with Gasteiger partial charge in [0, 0.05) is 22.7 Å². The van der Waals surface area contributed by atoms with E-state index in [4.69, 9.17) is 15.4 Å². The van der Waals surface area contributed by atoms with Crippen LogP contribution in [0.4, 0.5) is 0 Å². The number of hydrogen-bond donors (Lipinski definition) is 0. The fourth-order valence-corrected chi connectivity index (χ4v) is 4.62. The van der Waals surface area contributed by atoms with Crippen LogP contribution in [0.3, 0.4) is 0 Å². The van der Waals surface area contributed by atoms with Gasteiger partial charge in [0.05, 0.1) is 12.4 Å². The van der Waals surface area contributed by atoms with Gasteiger partial charge in [0.2, 0.25) is 9.05 Å². The molecular formula is C14H27ClO3S. The van der Waals surface area contributed by atoms with Crippen LogP contribution >= 0.6 is 10.7 Å². The highest BCUT2D eigenvalue weighted by Gasteiger charge is 2.34. The summed E-state index contributed by atoms with van der Waals surface area (Å²) < 4.78 is 28.7. The van der Waals surface area contributed by atoms with Gasteiger partial charge in [-0.25, -0.2) is 8.42 Å². The van der Waals surface area contributed by atoms with Crippen molar-refractivity contribution in [3.63, 3.8) is 0 Å². The molecule has 19 heavy (non-hydrogen) atoms. The Balaban J connectivity index is 2.52. The Bertz CT molecular complexity index is 344. The number of hydrogen-bond acceptors (Lipinski definition) is 3. The van der Waals surface area contributed by atoms with Crippen LogP contribution in [0, 0.1) is 11.3 Å². The molecule has 3 nitrogen and oxygen atoms in total. The number of halogens is 1. The third-order valence-corrected chi connectivity index (χ3v) is 5.10. The number of rotatable bonds is 11. The number of ether oxygens (including phenoxy) is 1. The van der Waals surface area contributed by atoms with Crippen molar-refractivity contribution in [2.75, 3.05) is 19.0 Å². The maximum atomic E-state index is 11.5. The largest absolute Gasteiger partial charge is 0.381 e. The monoisotopic (exact) mass is 310 g/mol. The Morgan fingerprint density at radius 3 is 2.21 bits per heavy atom. The van der Waals surface area contributed by atoms with Gasteiger partial charge in [-0.1, -0.05) is 39.5 Å². The van der Waals surface area contributed by atoms with E-state index in [2.05, 4.69) is 13.8 Å². The van der Waals surface area contributed by atoms with Gasteiger partial charge in [0.25, 0.3) is 0 Å². The Morgan fingerprint density at radius 1 is 1.21 bits per heavy atom. The van der Waals surface area contributed by atoms with E-state index in [9.17, 15) is 8.42 Å². The zero-order valence-corrected chi connectivity index (χ0v) is 13.7. The van der Waals surface area contributed by atoms with Gasteiger partial charge in [0.15, 0.2) is 0 Å². The minimum Gasteiger partial charge on any atom is -0.381 e. The van der Waals surface area contributed by atoms with Crippen molar-refractivity contribution in [2.45, 2.75) is 58.8 Å². The molecular weight excluding hydrogens is 284 g/mol. The summed E-state index contributed by atoms with van der Waals surface area (Å²) in [6.07, 6.45) is 7.40. The molecule has 0 amide bonds. The fraction of sp³-hybridized carbons (Fsp3) is 1.00. The minimum absolute atomic E-state index is 0.0344. The molecule has 0 aromatic carbocycles. The molecule has 1 fully saturated rings. The molecule has 1 rings (SSSR count). The van der Waals surface area contributed by atoms with Gasteiger partial charge in [-0.15, -0.1) is 0 Å². The first kappa shape index (κ1) is 17.3. The average molecular weight is 311 g/mol. The van der Waals surface area contributed by atoms with Crippen molar-refractivity contribution in [1.29, 1.82) is 0 Å². The summed E-state index contributed by atoms with van der Waals surface area (Å²) in [7, 11) is 2.00. The van der Waals surface area contributed by atoms with E-state index in [1.54, 1.807) is 0 Å². The molecule has 114 valence electrons. The van der Waals surface area contributed by atoms with Crippen molar-refractivity contribution in [2.24, 2.45) is 11.3 Å². The summed E-state index contributed by atoms with van der Waals surface area (Å²) >= 11 is 0. The Hall–Kier alpha value is 0.200. The molecule has 0 saturated heterocycles. The van der Waals surface area contributed by atoms with E-state index >= 15 is 0 Å². The summed E-state index contributed by atoms with van der Waals surface area (Å²) in [5.74, 6) is 0.885. The lowest BCUT2D eigenvalue weighted by atomic mass is 9.82. The van der Waals surface area contributed by atoms with E-state index in [0.29, 0.717) is 6.61 Å².